The molecule has 2 heterocycles. The van der Waals surface area contributed by atoms with Crippen molar-refractivity contribution in [2.24, 2.45) is 0 Å². The molecule has 120 valence electrons. The molecule has 0 radical (unpaired) electrons. The first-order valence-corrected chi connectivity index (χ1v) is 7.33. The third-order valence-corrected chi connectivity index (χ3v) is 3.86. The number of morpholine rings is 1. The van der Waals surface area contributed by atoms with Gasteiger partial charge >= 0.3 is 12.0 Å². The molecule has 8 nitrogen and oxygen atoms in total. The molecule has 0 unspecified atom stereocenters. The van der Waals surface area contributed by atoms with Crippen LogP contribution in [-0.2, 0) is 9.53 Å². The maximum Gasteiger partial charge on any atom is 0.326 e. The van der Waals surface area contributed by atoms with E-state index in [0.717, 1.165) is 39.3 Å². The van der Waals surface area contributed by atoms with Crippen LogP contribution in [0.2, 0.25) is 0 Å². The summed E-state index contributed by atoms with van der Waals surface area (Å²) in [6.45, 7) is 4.77. The van der Waals surface area contributed by atoms with Gasteiger partial charge in [0.05, 0.1) is 19.3 Å². The van der Waals surface area contributed by atoms with Gasteiger partial charge in [0, 0.05) is 32.6 Å². The van der Waals surface area contributed by atoms with E-state index in [1.54, 1.807) is 0 Å². The van der Waals surface area contributed by atoms with E-state index in [1.165, 1.54) is 4.90 Å². The van der Waals surface area contributed by atoms with Crippen LogP contribution in [-0.4, -0.2) is 90.1 Å². The Hall–Kier alpha value is -1.38. The summed E-state index contributed by atoms with van der Waals surface area (Å²) >= 11 is 0. The molecule has 0 aromatic carbocycles. The van der Waals surface area contributed by atoms with Gasteiger partial charge in [-0.05, 0) is 13.0 Å². The zero-order valence-electron chi connectivity index (χ0n) is 12.0. The number of hydrogen-bond acceptors (Lipinski definition) is 5. The fourth-order valence-electron chi connectivity index (χ4n) is 2.70. The summed E-state index contributed by atoms with van der Waals surface area (Å²) in [5, 5.41) is 21.3. The summed E-state index contributed by atoms with van der Waals surface area (Å²) in [5.74, 6) is -1.07. The van der Waals surface area contributed by atoms with E-state index in [-0.39, 0.29) is 13.0 Å². The van der Waals surface area contributed by atoms with Crippen LogP contribution in [0.3, 0.4) is 0 Å². The van der Waals surface area contributed by atoms with Gasteiger partial charge in [0.1, 0.15) is 6.04 Å². The normalized spacial score (nSPS) is 26.8. The van der Waals surface area contributed by atoms with Crippen molar-refractivity contribution >= 4 is 12.0 Å². The number of nitrogens with one attached hydrogen (secondary N) is 1. The average molecular weight is 301 g/mol. The fourth-order valence-corrected chi connectivity index (χ4v) is 2.70. The minimum Gasteiger partial charge on any atom is -0.480 e. The number of rotatable bonds is 5. The second-order valence-corrected chi connectivity index (χ2v) is 5.44. The lowest BCUT2D eigenvalue weighted by atomic mass is 10.2. The molecule has 3 N–H and O–H groups in total. The topological polar surface area (TPSA) is 102 Å². The molecule has 0 spiro atoms. The Balaban J connectivity index is 1.67. The van der Waals surface area contributed by atoms with E-state index < -0.39 is 24.1 Å². The molecule has 2 atom stereocenters. The lowest BCUT2D eigenvalue weighted by Crippen LogP contribution is -2.46. The van der Waals surface area contributed by atoms with Gasteiger partial charge in [-0.2, -0.15) is 0 Å². The number of β-amino-alcohol motifs (C(OH)–C–C–N with tert-alkyl or cyclic N) is 1. The van der Waals surface area contributed by atoms with E-state index in [2.05, 4.69) is 10.2 Å². The van der Waals surface area contributed by atoms with Gasteiger partial charge in [-0.15, -0.1) is 0 Å². The number of nitrogens with zero attached hydrogens (tertiary/aromatic N) is 2. The Morgan fingerprint density at radius 2 is 2.00 bits per heavy atom. The lowest BCUT2D eigenvalue weighted by Gasteiger charge is -2.26. The van der Waals surface area contributed by atoms with Crippen molar-refractivity contribution in [2.45, 2.75) is 25.0 Å². The SMILES string of the molecule is O=C(O)[C@@H]1C[C@@H](O)CN1C(=O)NCCCN1CCOCC1. The summed E-state index contributed by atoms with van der Waals surface area (Å²) in [5.41, 5.74) is 0. The van der Waals surface area contributed by atoms with E-state index in [1.807, 2.05) is 0 Å². The van der Waals surface area contributed by atoms with Crippen molar-refractivity contribution < 1.29 is 24.5 Å². The van der Waals surface area contributed by atoms with Crippen LogP contribution in [0.4, 0.5) is 4.79 Å². The van der Waals surface area contributed by atoms with Crippen molar-refractivity contribution in [3.05, 3.63) is 0 Å². The number of urea groups is 1. The number of carbonyl (C=O) groups is 2. The number of aliphatic hydroxyl groups excluding tert-OH is 1. The number of carboxylic acids is 1. The Labute approximate surface area is 123 Å². The largest absolute Gasteiger partial charge is 0.480 e. The quantitative estimate of drug-likeness (QED) is 0.559. The van der Waals surface area contributed by atoms with Crippen molar-refractivity contribution in [3.8, 4) is 0 Å². The molecular weight excluding hydrogens is 278 g/mol. The molecule has 0 aromatic heterocycles. The van der Waals surface area contributed by atoms with Crippen molar-refractivity contribution in [2.75, 3.05) is 45.9 Å². The maximum atomic E-state index is 12.0. The first-order chi connectivity index (χ1) is 10.1. The van der Waals surface area contributed by atoms with Gasteiger partial charge in [-0.1, -0.05) is 0 Å². The summed E-state index contributed by atoms with van der Waals surface area (Å²) in [7, 11) is 0. The molecule has 0 bridgehead atoms. The highest BCUT2D eigenvalue weighted by atomic mass is 16.5. The van der Waals surface area contributed by atoms with Crippen LogP contribution in [0.1, 0.15) is 12.8 Å². The monoisotopic (exact) mass is 301 g/mol. The van der Waals surface area contributed by atoms with Crippen LogP contribution in [0.15, 0.2) is 0 Å². The third kappa shape index (κ3) is 4.55. The average Bonchev–Trinajstić information content (AvgIpc) is 2.87. The molecular formula is C13H23N3O5. The zero-order valence-corrected chi connectivity index (χ0v) is 12.0. The molecule has 21 heavy (non-hydrogen) atoms. The number of ether oxygens (including phenoxy) is 1. The lowest BCUT2D eigenvalue weighted by molar-refractivity contribution is -0.141. The second kappa shape index (κ2) is 7.58. The highest BCUT2D eigenvalue weighted by Gasteiger charge is 2.38. The minimum atomic E-state index is -1.07. The third-order valence-electron chi connectivity index (χ3n) is 3.86. The van der Waals surface area contributed by atoms with E-state index in [4.69, 9.17) is 9.84 Å². The van der Waals surface area contributed by atoms with Crippen molar-refractivity contribution in [1.82, 2.24) is 15.1 Å². The number of likely N-dealkylation sites (tertiary alicyclic amines) is 1. The van der Waals surface area contributed by atoms with Gasteiger partial charge in [-0.25, -0.2) is 9.59 Å². The highest BCUT2D eigenvalue weighted by Crippen LogP contribution is 2.18. The predicted molar refractivity (Wildman–Crippen MR) is 74.0 cm³/mol. The number of aliphatic hydroxyl groups is 1. The highest BCUT2D eigenvalue weighted by molar-refractivity contribution is 5.83. The molecule has 2 aliphatic rings. The Bertz CT molecular complexity index is 373. The Kier molecular flexibility index (Phi) is 5.77. The van der Waals surface area contributed by atoms with E-state index >= 15 is 0 Å². The Morgan fingerprint density at radius 3 is 2.67 bits per heavy atom. The smallest absolute Gasteiger partial charge is 0.326 e. The molecule has 2 saturated heterocycles. The number of carboxylic acid groups (broad SMARTS) is 1. The van der Waals surface area contributed by atoms with Gasteiger partial charge in [0.15, 0.2) is 0 Å². The van der Waals surface area contributed by atoms with Gasteiger partial charge in [0.2, 0.25) is 0 Å². The number of amides is 2. The molecule has 8 heteroatoms. The molecule has 0 aromatic rings. The van der Waals surface area contributed by atoms with Crippen LogP contribution in [0, 0.1) is 0 Å². The Morgan fingerprint density at radius 1 is 1.29 bits per heavy atom. The van der Waals surface area contributed by atoms with E-state index in [0.29, 0.717) is 6.54 Å². The standard InChI is InChI=1S/C13H23N3O5/c17-10-8-11(12(18)19)16(9-10)13(20)14-2-1-3-15-4-6-21-7-5-15/h10-11,17H,1-9H2,(H,14,20)(H,18,19)/t10-,11+/m1/s1. The fraction of sp³-hybridized carbons (Fsp3) is 0.846. The summed E-state index contributed by atoms with van der Waals surface area (Å²) < 4.78 is 5.26. The van der Waals surface area contributed by atoms with Gasteiger partial charge in [-0.3, -0.25) is 4.90 Å². The number of hydrogen-bond donors (Lipinski definition) is 3. The zero-order chi connectivity index (χ0) is 15.2. The van der Waals surface area contributed by atoms with Crippen LogP contribution in [0.25, 0.3) is 0 Å². The maximum absolute atomic E-state index is 12.0. The number of aliphatic carboxylic acids is 1. The summed E-state index contributed by atoms with van der Waals surface area (Å²) in [6, 6.07) is -1.35. The molecule has 2 amide bonds. The summed E-state index contributed by atoms with van der Waals surface area (Å²) in [6.07, 6.45) is 0.140. The predicted octanol–water partition coefficient (Wildman–Crippen LogP) is -1.06. The van der Waals surface area contributed by atoms with Gasteiger partial charge < -0.3 is 25.2 Å². The van der Waals surface area contributed by atoms with Crippen molar-refractivity contribution in [1.29, 1.82) is 0 Å². The number of carbonyl (C=O) groups excluding carboxylic acids is 1. The first-order valence-electron chi connectivity index (χ1n) is 7.33. The summed E-state index contributed by atoms with van der Waals surface area (Å²) in [4.78, 5) is 26.5. The second-order valence-electron chi connectivity index (χ2n) is 5.44. The first kappa shape index (κ1) is 16.0. The van der Waals surface area contributed by atoms with Gasteiger partial charge in [0.25, 0.3) is 0 Å². The molecule has 2 rings (SSSR count). The molecule has 2 fully saturated rings. The van der Waals surface area contributed by atoms with Crippen molar-refractivity contribution in [3.63, 3.8) is 0 Å². The molecule has 0 saturated carbocycles. The van der Waals surface area contributed by atoms with Crippen LogP contribution >= 0.6 is 0 Å². The van der Waals surface area contributed by atoms with E-state index in [9.17, 15) is 14.7 Å². The minimum absolute atomic E-state index is 0.0757. The molecule has 0 aliphatic carbocycles. The van der Waals surface area contributed by atoms with Crippen LogP contribution < -0.4 is 5.32 Å². The molecule has 2 aliphatic heterocycles. The van der Waals surface area contributed by atoms with Crippen LogP contribution in [0.5, 0.6) is 0 Å².